The minimum Gasteiger partial charge on any atom is -0.438 e. The van der Waals surface area contributed by atoms with Gasteiger partial charge < -0.3 is 4.74 Å². The highest BCUT2D eigenvalue weighted by Crippen LogP contribution is 2.25. The lowest BCUT2D eigenvalue weighted by Gasteiger charge is -2.08. The van der Waals surface area contributed by atoms with Gasteiger partial charge in [0.15, 0.2) is 5.78 Å². The van der Waals surface area contributed by atoms with E-state index in [-0.39, 0.29) is 5.78 Å². The maximum atomic E-state index is 11.5. The van der Waals surface area contributed by atoms with Gasteiger partial charge in [-0.15, -0.1) is 0 Å². The molecule has 98 valence electrons. The topological polar surface area (TPSA) is 52.1 Å². The fourth-order valence-corrected chi connectivity index (χ4v) is 1.96. The molecule has 0 bridgehead atoms. The second kappa shape index (κ2) is 5.09. The largest absolute Gasteiger partial charge is 0.438 e. The van der Waals surface area contributed by atoms with Crippen LogP contribution in [0.15, 0.2) is 54.9 Å². The van der Waals surface area contributed by atoms with Crippen molar-refractivity contribution in [2.75, 3.05) is 0 Å². The first-order valence-electron chi connectivity index (χ1n) is 6.22. The maximum Gasteiger partial charge on any atom is 0.230 e. The number of ketones is 1. The van der Waals surface area contributed by atoms with Crippen molar-refractivity contribution in [1.82, 2.24) is 9.97 Å². The first-order chi connectivity index (χ1) is 9.74. The molecule has 0 fully saturated rings. The molecule has 2 aromatic heterocycles. The van der Waals surface area contributed by atoms with Gasteiger partial charge in [-0.3, -0.25) is 9.78 Å². The predicted octanol–water partition coefficient (Wildman–Crippen LogP) is 3.62. The van der Waals surface area contributed by atoms with Gasteiger partial charge in [0.2, 0.25) is 5.88 Å². The van der Waals surface area contributed by atoms with Crippen molar-refractivity contribution < 1.29 is 9.53 Å². The van der Waals surface area contributed by atoms with Crippen LogP contribution >= 0.6 is 0 Å². The van der Waals surface area contributed by atoms with Crippen LogP contribution in [0.1, 0.15) is 17.3 Å². The van der Waals surface area contributed by atoms with Crippen LogP contribution in [-0.2, 0) is 0 Å². The Hall–Kier alpha value is -2.75. The number of carbonyl (C=O) groups excluding carboxylic acids is 1. The quantitative estimate of drug-likeness (QED) is 0.678. The number of hydrogen-bond acceptors (Lipinski definition) is 4. The molecular weight excluding hydrogens is 252 g/mol. The van der Waals surface area contributed by atoms with Gasteiger partial charge in [0.05, 0.1) is 11.1 Å². The molecule has 0 aliphatic heterocycles. The second-order valence-electron chi connectivity index (χ2n) is 4.37. The van der Waals surface area contributed by atoms with Gasteiger partial charge in [0, 0.05) is 23.8 Å². The number of Topliss-reactive ketones (excluding diaryl/α,β-unsaturated/α-hetero) is 1. The number of carbonyl (C=O) groups is 1. The van der Waals surface area contributed by atoms with Crippen molar-refractivity contribution >= 4 is 16.7 Å². The van der Waals surface area contributed by atoms with E-state index >= 15 is 0 Å². The molecule has 3 rings (SSSR count). The van der Waals surface area contributed by atoms with E-state index in [2.05, 4.69) is 9.97 Å². The van der Waals surface area contributed by atoms with Crippen molar-refractivity contribution in [2.24, 2.45) is 0 Å². The number of fused-ring (bicyclic) bond motifs is 1. The summed E-state index contributed by atoms with van der Waals surface area (Å²) in [7, 11) is 0. The highest BCUT2D eigenvalue weighted by molar-refractivity contribution is 5.96. The summed E-state index contributed by atoms with van der Waals surface area (Å²) in [5.74, 6) is 0.847. The number of hydrogen-bond donors (Lipinski definition) is 0. The molecule has 0 aliphatic rings. The van der Waals surface area contributed by atoms with E-state index < -0.39 is 0 Å². The fraction of sp³-hybridized carbons (Fsp3) is 0.0625. The molecule has 4 heteroatoms. The van der Waals surface area contributed by atoms with Crippen LogP contribution in [0.25, 0.3) is 10.9 Å². The maximum absolute atomic E-state index is 11.5. The molecular formula is C16H12N2O2. The van der Waals surface area contributed by atoms with E-state index in [1.807, 2.05) is 30.3 Å². The van der Waals surface area contributed by atoms with Crippen LogP contribution in [0.2, 0.25) is 0 Å². The molecule has 2 heterocycles. The summed E-state index contributed by atoms with van der Waals surface area (Å²) in [6.45, 7) is 1.49. The van der Waals surface area contributed by atoms with Crippen LogP contribution in [0, 0.1) is 0 Å². The number of benzene rings is 1. The Bertz CT molecular complexity index is 784. The second-order valence-corrected chi connectivity index (χ2v) is 4.37. The molecule has 0 radical (unpaired) electrons. The van der Waals surface area contributed by atoms with Crippen LogP contribution in [0.5, 0.6) is 11.6 Å². The molecule has 0 amide bonds. The normalized spacial score (nSPS) is 10.4. The lowest BCUT2D eigenvalue weighted by molar-refractivity contribution is 0.101. The van der Waals surface area contributed by atoms with Gasteiger partial charge in [-0.05, 0) is 37.3 Å². The summed E-state index contributed by atoms with van der Waals surface area (Å²) in [4.78, 5) is 19.9. The SMILES string of the molecule is CC(=O)c1cccnc1Oc1ccc2cccnc2c1. The average molecular weight is 264 g/mol. The molecule has 0 saturated heterocycles. The van der Waals surface area contributed by atoms with Gasteiger partial charge >= 0.3 is 0 Å². The van der Waals surface area contributed by atoms with Crippen LogP contribution in [0.4, 0.5) is 0 Å². The third-order valence-corrected chi connectivity index (χ3v) is 2.94. The van der Waals surface area contributed by atoms with E-state index in [1.54, 1.807) is 24.5 Å². The molecule has 4 nitrogen and oxygen atoms in total. The molecule has 20 heavy (non-hydrogen) atoms. The Labute approximate surface area is 116 Å². The van der Waals surface area contributed by atoms with Crippen LogP contribution < -0.4 is 4.74 Å². The van der Waals surface area contributed by atoms with Crippen molar-refractivity contribution in [3.05, 3.63) is 60.4 Å². The lowest BCUT2D eigenvalue weighted by atomic mass is 10.2. The van der Waals surface area contributed by atoms with Crippen molar-refractivity contribution in [1.29, 1.82) is 0 Å². The molecule has 0 N–H and O–H groups in total. The molecule has 0 saturated carbocycles. The standard InChI is InChI=1S/C16H12N2O2/c1-11(19)14-5-3-9-18-16(14)20-13-7-6-12-4-2-8-17-15(12)10-13/h2-10H,1H3. The zero-order chi connectivity index (χ0) is 13.9. The summed E-state index contributed by atoms with van der Waals surface area (Å²) < 4.78 is 5.71. The zero-order valence-corrected chi connectivity index (χ0v) is 10.9. The predicted molar refractivity (Wildman–Crippen MR) is 76.1 cm³/mol. The van der Waals surface area contributed by atoms with Crippen LogP contribution in [-0.4, -0.2) is 15.8 Å². The Balaban J connectivity index is 1.99. The molecule has 3 aromatic rings. The summed E-state index contributed by atoms with van der Waals surface area (Å²) in [5, 5.41) is 1.03. The molecule has 0 atom stereocenters. The first-order valence-corrected chi connectivity index (χ1v) is 6.22. The summed E-state index contributed by atoms with van der Waals surface area (Å²) in [6.07, 6.45) is 3.33. The summed E-state index contributed by atoms with van der Waals surface area (Å²) >= 11 is 0. The number of pyridine rings is 2. The van der Waals surface area contributed by atoms with E-state index in [1.165, 1.54) is 6.92 Å². The van der Waals surface area contributed by atoms with Gasteiger partial charge in [-0.1, -0.05) is 6.07 Å². The van der Waals surface area contributed by atoms with Crippen molar-refractivity contribution in [3.63, 3.8) is 0 Å². The van der Waals surface area contributed by atoms with E-state index in [0.717, 1.165) is 10.9 Å². The minimum atomic E-state index is -0.0768. The summed E-state index contributed by atoms with van der Waals surface area (Å²) in [5.41, 5.74) is 1.30. The summed E-state index contributed by atoms with van der Waals surface area (Å²) in [6, 6.07) is 12.9. The third-order valence-electron chi connectivity index (χ3n) is 2.94. The molecule has 0 spiro atoms. The Morgan fingerprint density at radius 1 is 1.05 bits per heavy atom. The highest BCUT2D eigenvalue weighted by atomic mass is 16.5. The smallest absolute Gasteiger partial charge is 0.230 e. The number of ether oxygens (including phenoxy) is 1. The van der Waals surface area contributed by atoms with Crippen molar-refractivity contribution in [2.45, 2.75) is 6.92 Å². The Morgan fingerprint density at radius 2 is 1.85 bits per heavy atom. The molecule has 0 aliphatic carbocycles. The van der Waals surface area contributed by atoms with E-state index in [4.69, 9.17) is 4.74 Å². The molecule has 1 aromatic carbocycles. The first kappa shape index (κ1) is 12.3. The van der Waals surface area contributed by atoms with Crippen LogP contribution in [0.3, 0.4) is 0 Å². The van der Waals surface area contributed by atoms with Crippen molar-refractivity contribution in [3.8, 4) is 11.6 Å². The highest BCUT2D eigenvalue weighted by Gasteiger charge is 2.10. The number of nitrogens with zero attached hydrogens (tertiary/aromatic N) is 2. The average Bonchev–Trinajstić information content (AvgIpc) is 2.47. The van der Waals surface area contributed by atoms with Gasteiger partial charge in [0.1, 0.15) is 5.75 Å². The third kappa shape index (κ3) is 2.36. The zero-order valence-electron chi connectivity index (χ0n) is 10.9. The Kier molecular flexibility index (Phi) is 3.13. The van der Waals surface area contributed by atoms with E-state index in [9.17, 15) is 4.79 Å². The van der Waals surface area contributed by atoms with Gasteiger partial charge in [-0.2, -0.15) is 0 Å². The monoisotopic (exact) mass is 264 g/mol. The number of aromatic nitrogens is 2. The van der Waals surface area contributed by atoms with Gasteiger partial charge in [-0.25, -0.2) is 4.98 Å². The minimum absolute atomic E-state index is 0.0768. The van der Waals surface area contributed by atoms with E-state index in [0.29, 0.717) is 17.2 Å². The fourth-order valence-electron chi connectivity index (χ4n) is 1.96. The number of rotatable bonds is 3. The van der Waals surface area contributed by atoms with Gasteiger partial charge in [0.25, 0.3) is 0 Å². The lowest BCUT2D eigenvalue weighted by Crippen LogP contribution is -1.98. The molecule has 0 unspecified atom stereocenters. The Morgan fingerprint density at radius 3 is 2.70 bits per heavy atom.